The Labute approximate surface area is 157 Å². The minimum Gasteiger partial charge on any atom is -0.462 e. The van der Waals surface area contributed by atoms with Crippen molar-refractivity contribution < 1.29 is 9.21 Å². The molecule has 4 aromatic rings. The quantitative estimate of drug-likeness (QED) is 0.488. The van der Waals surface area contributed by atoms with Crippen molar-refractivity contribution in [1.29, 1.82) is 0 Å². The number of amides is 1. The van der Waals surface area contributed by atoms with Gasteiger partial charge in [-0.1, -0.05) is 17.4 Å². The molecule has 0 spiro atoms. The van der Waals surface area contributed by atoms with E-state index in [-0.39, 0.29) is 5.91 Å². The fourth-order valence-electron chi connectivity index (χ4n) is 2.35. The van der Waals surface area contributed by atoms with Crippen molar-refractivity contribution >= 4 is 39.8 Å². The van der Waals surface area contributed by atoms with Crippen LogP contribution in [0.3, 0.4) is 0 Å². The second-order valence-corrected chi connectivity index (χ2v) is 7.52. The van der Waals surface area contributed by atoms with Crippen LogP contribution in [0.2, 0.25) is 0 Å². The van der Waals surface area contributed by atoms with Gasteiger partial charge in [-0.15, -0.1) is 10.2 Å². The summed E-state index contributed by atoms with van der Waals surface area (Å²) in [6.45, 7) is 0. The molecule has 9 heteroatoms. The number of hydrogen-bond donors (Lipinski definition) is 1. The first-order valence-electron chi connectivity index (χ1n) is 7.95. The molecule has 0 aliphatic heterocycles. The van der Waals surface area contributed by atoms with Crippen LogP contribution >= 0.6 is 23.1 Å². The molecule has 132 valence electrons. The Kier molecular flexibility index (Phi) is 4.98. The van der Waals surface area contributed by atoms with Crippen molar-refractivity contribution in [3.8, 4) is 10.8 Å². The van der Waals surface area contributed by atoms with Gasteiger partial charge in [0.2, 0.25) is 11.0 Å². The van der Waals surface area contributed by atoms with Crippen LogP contribution in [0.25, 0.3) is 16.4 Å². The van der Waals surface area contributed by atoms with Crippen LogP contribution in [0, 0.1) is 0 Å². The normalized spacial score (nSPS) is 11.1. The van der Waals surface area contributed by atoms with E-state index in [2.05, 4.69) is 20.5 Å². The highest BCUT2D eigenvalue weighted by Crippen LogP contribution is 2.26. The maximum Gasteiger partial charge on any atom is 0.227 e. The van der Waals surface area contributed by atoms with Crippen molar-refractivity contribution in [1.82, 2.24) is 19.6 Å². The highest BCUT2D eigenvalue weighted by atomic mass is 32.2. The number of thioether (sulfide) groups is 1. The Morgan fingerprint density at radius 2 is 2.23 bits per heavy atom. The number of hydrogen-bond acceptors (Lipinski definition) is 7. The number of nitrogens with zero attached hydrogens (tertiary/aromatic N) is 4. The summed E-state index contributed by atoms with van der Waals surface area (Å²) in [5, 5.41) is 11.9. The molecule has 0 atom stereocenters. The Morgan fingerprint density at radius 3 is 3.08 bits per heavy atom. The fraction of sp³-hybridized carbons (Fsp3) is 0.176. The molecule has 0 aliphatic carbocycles. The van der Waals surface area contributed by atoms with Crippen LogP contribution in [0.1, 0.15) is 12.1 Å². The highest BCUT2D eigenvalue weighted by Gasteiger charge is 2.11. The maximum absolute atomic E-state index is 12.0. The lowest BCUT2D eigenvalue weighted by molar-refractivity contribution is -0.115. The molecular weight excluding hydrogens is 370 g/mol. The van der Waals surface area contributed by atoms with Gasteiger partial charge in [0.1, 0.15) is 5.65 Å². The molecule has 0 fully saturated rings. The van der Waals surface area contributed by atoms with Crippen molar-refractivity contribution in [2.75, 3.05) is 11.1 Å². The summed E-state index contributed by atoms with van der Waals surface area (Å²) in [6, 6.07) is 9.51. The van der Waals surface area contributed by atoms with Crippen LogP contribution in [-0.4, -0.2) is 31.2 Å². The van der Waals surface area contributed by atoms with Gasteiger partial charge in [0.05, 0.1) is 12.0 Å². The minimum absolute atomic E-state index is 0.0744. The van der Waals surface area contributed by atoms with E-state index < -0.39 is 0 Å². The third kappa shape index (κ3) is 3.94. The van der Waals surface area contributed by atoms with Gasteiger partial charge in [0.25, 0.3) is 0 Å². The second-order valence-electron chi connectivity index (χ2n) is 5.44. The number of furan rings is 1. The summed E-state index contributed by atoms with van der Waals surface area (Å²) in [4.78, 5) is 16.6. The Bertz CT molecular complexity index is 976. The zero-order valence-electron chi connectivity index (χ0n) is 13.7. The maximum atomic E-state index is 12.0. The van der Waals surface area contributed by atoms with Gasteiger partial charge >= 0.3 is 0 Å². The van der Waals surface area contributed by atoms with Crippen molar-refractivity contribution in [2.24, 2.45) is 0 Å². The molecule has 26 heavy (non-hydrogen) atoms. The first kappa shape index (κ1) is 16.8. The molecule has 4 aromatic heterocycles. The van der Waals surface area contributed by atoms with Gasteiger partial charge in [-0.05, 0) is 24.3 Å². The van der Waals surface area contributed by atoms with Crippen LogP contribution in [0.5, 0.6) is 0 Å². The summed E-state index contributed by atoms with van der Waals surface area (Å²) < 4.78 is 7.26. The van der Waals surface area contributed by atoms with Gasteiger partial charge in [0, 0.05) is 30.3 Å². The molecule has 0 bridgehead atoms. The first-order chi connectivity index (χ1) is 12.8. The third-order valence-electron chi connectivity index (χ3n) is 3.54. The number of imidazole rings is 1. The molecule has 1 amide bonds. The molecule has 4 heterocycles. The largest absolute Gasteiger partial charge is 0.462 e. The topological polar surface area (TPSA) is 85.3 Å². The van der Waals surface area contributed by atoms with E-state index in [1.54, 1.807) is 24.1 Å². The first-order valence-corrected chi connectivity index (χ1v) is 9.92. The summed E-state index contributed by atoms with van der Waals surface area (Å²) in [5.41, 5.74) is 1.94. The Hall–Kier alpha value is -2.65. The van der Waals surface area contributed by atoms with E-state index in [4.69, 9.17) is 4.42 Å². The summed E-state index contributed by atoms with van der Waals surface area (Å²) in [6.07, 6.45) is 5.98. The standard InChI is InChI=1S/C17H15N5O2S2/c23-15(19-17-21-20-16(26-17)13-4-3-8-24-13)6-9-25-11-12-10-22-7-2-1-5-14(22)18-12/h1-5,7-8,10H,6,9,11H2,(H,19,21,23). The fourth-order valence-corrected chi connectivity index (χ4v) is 3.90. The lowest BCUT2D eigenvalue weighted by Gasteiger charge is -2.00. The predicted molar refractivity (Wildman–Crippen MR) is 102 cm³/mol. The average Bonchev–Trinajstić information content (AvgIpc) is 3.37. The van der Waals surface area contributed by atoms with Gasteiger partial charge in [-0.3, -0.25) is 4.79 Å². The number of carbonyl (C=O) groups excluding carboxylic acids is 1. The van der Waals surface area contributed by atoms with Gasteiger partial charge in [-0.25, -0.2) is 4.98 Å². The number of pyridine rings is 1. The van der Waals surface area contributed by atoms with Gasteiger partial charge < -0.3 is 14.1 Å². The SMILES string of the molecule is O=C(CCSCc1cn2ccccc2n1)Nc1nnc(-c2ccco2)s1. The van der Waals surface area contributed by atoms with Crippen molar-refractivity contribution in [3.63, 3.8) is 0 Å². The molecule has 0 saturated carbocycles. The summed E-state index contributed by atoms with van der Waals surface area (Å²) in [5.74, 6) is 2.06. The molecule has 4 rings (SSSR count). The number of carbonyl (C=O) groups is 1. The number of anilines is 1. The molecule has 0 aromatic carbocycles. The van der Waals surface area contributed by atoms with E-state index in [0.29, 0.717) is 28.1 Å². The van der Waals surface area contributed by atoms with Crippen molar-refractivity contribution in [2.45, 2.75) is 12.2 Å². The van der Waals surface area contributed by atoms with E-state index >= 15 is 0 Å². The number of rotatable bonds is 7. The molecule has 0 unspecified atom stereocenters. The third-order valence-corrected chi connectivity index (χ3v) is 5.39. The van der Waals surface area contributed by atoms with Crippen LogP contribution in [-0.2, 0) is 10.5 Å². The number of aromatic nitrogens is 4. The molecule has 1 N–H and O–H groups in total. The number of nitrogens with one attached hydrogen (secondary N) is 1. The Morgan fingerprint density at radius 1 is 1.27 bits per heavy atom. The lowest BCUT2D eigenvalue weighted by Crippen LogP contribution is -2.12. The lowest BCUT2D eigenvalue weighted by atomic mass is 10.5. The van der Waals surface area contributed by atoms with Gasteiger partial charge in [-0.2, -0.15) is 11.8 Å². The summed E-state index contributed by atoms with van der Waals surface area (Å²) >= 11 is 2.97. The van der Waals surface area contributed by atoms with Crippen molar-refractivity contribution in [3.05, 3.63) is 54.7 Å². The smallest absolute Gasteiger partial charge is 0.227 e. The zero-order chi connectivity index (χ0) is 17.8. The average molecular weight is 385 g/mol. The molecular formula is C17H15N5O2S2. The molecule has 0 saturated heterocycles. The van der Waals surface area contributed by atoms with E-state index in [1.165, 1.54) is 11.3 Å². The van der Waals surface area contributed by atoms with Crippen LogP contribution in [0.15, 0.2) is 53.4 Å². The summed E-state index contributed by atoms with van der Waals surface area (Å²) in [7, 11) is 0. The van der Waals surface area contributed by atoms with E-state index in [9.17, 15) is 4.79 Å². The molecule has 0 aliphatic rings. The Balaban J connectivity index is 1.23. The monoisotopic (exact) mass is 385 g/mol. The minimum atomic E-state index is -0.0744. The zero-order valence-corrected chi connectivity index (χ0v) is 15.3. The highest BCUT2D eigenvalue weighted by molar-refractivity contribution is 7.98. The van der Waals surface area contributed by atoms with E-state index in [0.717, 1.165) is 17.1 Å². The van der Waals surface area contributed by atoms with Crippen LogP contribution in [0.4, 0.5) is 5.13 Å². The second kappa shape index (κ2) is 7.71. The molecule has 7 nitrogen and oxygen atoms in total. The predicted octanol–water partition coefficient (Wildman–Crippen LogP) is 3.71. The number of fused-ring (bicyclic) bond motifs is 1. The van der Waals surface area contributed by atoms with Crippen LogP contribution < -0.4 is 5.32 Å². The van der Waals surface area contributed by atoms with E-state index in [1.807, 2.05) is 41.1 Å². The van der Waals surface area contributed by atoms with Gasteiger partial charge in [0.15, 0.2) is 10.8 Å². The molecule has 0 radical (unpaired) electrons.